The molecule has 0 saturated carbocycles. The molecule has 0 radical (unpaired) electrons. The second-order valence-corrected chi connectivity index (χ2v) is 6.18. The van der Waals surface area contributed by atoms with E-state index in [1.54, 1.807) is 12.1 Å². The highest BCUT2D eigenvalue weighted by Gasteiger charge is 2.38. The minimum Gasteiger partial charge on any atom is -0.419 e. The molecule has 0 aliphatic carbocycles. The molecule has 8 heteroatoms. The summed E-state index contributed by atoms with van der Waals surface area (Å²) in [5.74, 6) is -2.71. The van der Waals surface area contributed by atoms with E-state index in [-0.39, 0.29) is 5.57 Å². The number of hydrogen-bond donors (Lipinski definition) is 2. The van der Waals surface area contributed by atoms with E-state index >= 15 is 0 Å². The Morgan fingerprint density at radius 2 is 1.95 bits per heavy atom. The van der Waals surface area contributed by atoms with Crippen molar-refractivity contribution in [3.63, 3.8) is 0 Å². The maximum atomic E-state index is 11.8. The number of esters is 2. The summed E-state index contributed by atoms with van der Waals surface area (Å²) in [5.41, 5.74) is 6.85. The number of carbonyl (C=O) groups excluding carboxylic acids is 2. The van der Waals surface area contributed by atoms with E-state index in [9.17, 15) is 9.59 Å². The molecule has 0 spiro atoms. The summed E-state index contributed by atoms with van der Waals surface area (Å²) in [7, 11) is 0. The maximum absolute atomic E-state index is 11.8. The van der Waals surface area contributed by atoms with Gasteiger partial charge in [0.15, 0.2) is 10.7 Å². The highest BCUT2D eigenvalue weighted by atomic mass is 32.1. The molecule has 1 aliphatic heterocycles. The lowest BCUT2D eigenvalue weighted by atomic mass is 10.2. The number of ether oxygens (including phenoxy) is 2. The molecule has 0 atom stereocenters. The first kappa shape index (κ1) is 14.3. The Hall–Kier alpha value is -2.61. The van der Waals surface area contributed by atoms with Crippen LogP contribution in [0.5, 0.6) is 0 Å². The normalized spacial score (nSPS) is 17.1. The SMILES string of the molecule is CC1(C)OC(=O)C(=CNc2ccc3sc(N)nc3c2)C(=O)O1. The predicted molar refractivity (Wildman–Crippen MR) is 82.0 cm³/mol. The van der Waals surface area contributed by atoms with Crippen molar-refractivity contribution in [3.05, 3.63) is 30.0 Å². The smallest absolute Gasteiger partial charge is 0.350 e. The zero-order valence-corrected chi connectivity index (χ0v) is 12.7. The van der Waals surface area contributed by atoms with Crippen LogP contribution in [0.25, 0.3) is 10.2 Å². The van der Waals surface area contributed by atoms with Crippen LogP contribution in [0.1, 0.15) is 13.8 Å². The molecule has 114 valence electrons. The number of carbonyl (C=O) groups is 2. The number of cyclic esters (lactones) is 2. The number of benzene rings is 1. The fraction of sp³-hybridized carbons (Fsp3) is 0.214. The Morgan fingerprint density at radius 1 is 1.27 bits per heavy atom. The van der Waals surface area contributed by atoms with Crippen molar-refractivity contribution in [1.82, 2.24) is 4.98 Å². The van der Waals surface area contributed by atoms with Gasteiger partial charge in [-0.1, -0.05) is 11.3 Å². The summed E-state index contributed by atoms with van der Waals surface area (Å²) in [6.45, 7) is 2.99. The van der Waals surface area contributed by atoms with E-state index in [0.717, 1.165) is 10.2 Å². The summed E-state index contributed by atoms with van der Waals surface area (Å²) in [6.07, 6.45) is 1.26. The average molecular weight is 319 g/mol. The van der Waals surface area contributed by atoms with Gasteiger partial charge >= 0.3 is 11.9 Å². The monoisotopic (exact) mass is 319 g/mol. The van der Waals surface area contributed by atoms with Crippen LogP contribution in [0.3, 0.4) is 0 Å². The minimum atomic E-state index is -1.25. The van der Waals surface area contributed by atoms with Crippen LogP contribution < -0.4 is 11.1 Å². The summed E-state index contributed by atoms with van der Waals surface area (Å²) < 4.78 is 11.0. The number of nitrogens with zero attached hydrogens (tertiary/aromatic N) is 1. The van der Waals surface area contributed by atoms with Gasteiger partial charge in [-0.05, 0) is 18.2 Å². The molecule has 1 aliphatic rings. The van der Waals surface area contributed by atoms with Crippen molar-refractivity contribution in [2.45, 2.75) is 19.6 Å². The summed E-state index contributed by atoms with van der Waals surface area (Å²) >= 11 is 1.38. The van der Waals surface area contributed by atoms with Crippen LogP contribution in [-0.2, 0) is 19.1 Å². The maximum Gasteiger partial charge on any atom is 0.350 e. The van der Waals surface area contributed by atoms with Gasteiger partial charge in [-0.3, -0.25) is 0 Å². The van der Waals surface area contributed by atoms with E-state index in [1.807, 2.05) is 6.07 Å². The third kappa shape index (κ3) is 2.73. The first-order valence-corrected chi connectivity index (χ1v) is 7.25. The van der Waals surface area contributed by atoms with Gasteiger partial charge in [0.05, 0.1) is 10.2 Å². The van der Waals surface area contributed by atoms with Gasteiger partial charge in [-0.25, -0.2) is 14.6 Å². The fourth-order valence-corrected chi connectivity index (χ4v) is 2.68. The number of thiazole rings is 1. The first-order chi connectivity index (χ1) is 10.3. The zero-order valence-electron chi connectivity index (χ0n) is 11.9. The average Bonchev–Trinajstić information content (AvgIpc) is 2.75. The zero-order chi connectivity index (χ0) is 15.9. The van der Waals surface area contributed by atoms with Gasteiger partial charge in [0.2, 0.25) is 0 Å². The summed E-state index contributed by atoms with van der Waals surface area (Å²) in [5, 5.41) is 3.34. The number of rotatable bonds is 2. The largest absolute Gasteiger partial charge is 0.419 e. The lowest BCUT2D eigenvalue weighted by Gasteiger charge is -2.29. The van der Waals surface area contributed by atoms with Gasteiger partial charge in [0.25, 0.3) is 5.79 Å². The Morgan fingerprint density at radius 3 is 2.64 bits per heavy atom. The Kier molecular flexibility index (Phi) is 3.25. The minimum absolute atomic E-state index is 0.197. The lowest BCUT2D eigenvalue weighted by Crippen LogP contribution is -2.42. The van der Waals surface area contributed by atoms with Crippen molar-refractivity contribution in [2.75, 3.05) is 11.1 Å². The highest BCUT2D eigenvalue weighted by molar-refractivity contribution is 7.22. The third-order valence-corrected chi connectivity index (χ3v) is 3.77. The predicted octanol–water partition coefficient (Wildman–Crippen LogP) is 2.01. The topological polar surface area (TPSA) is 104 Å². The molecule has 3 rings (SSSR count). The van der Waals surface area contributed by atoms with E-state index < -0.39 is 17.7 Å². The molecule has 1 aromatic heterocycles. The molecule has 2 aromatic rings. The van der Waals surface area contributed by atoms with E-state index in [1.165, 1.54) is 31.4 Å². The lowest BCUT2D eigenvalue weighted by molar-refractivity contribution is -0.222. The van der Waals surface area contributed by atoms with E-state index in [0.29, 0.717) is 10.8 Å². The van der Waals surface area contributed by atoms with Crippen molar-refractivity contribution < 1.29 is 19.1 Å². The van der Waals surface area contributed by atoms with Crippen LogP contribution in [0.2, 0.25) is 0 Å². The Labute approximate surface area is 129 Å². The molecule has 2 heterocycles. The van der Waals surface area contributed by atoms with Crippen molar-refractivity contribution in [1.29, 1.82) is 0 Å². The van der Waals surface area contributed by atoms with Crippen LogP contribution in [-0.4, -0.2) is 22.7 Å². The number of nitrogen functional groups attached to an aromatic ring is 1. The van der Waals surface area contributed by atoms with Gasteiger partial charge in [-0.2, -0.15) is 0 Å². The molecule has 0 amide bonds. The summed E-state index contributed by atoms with van der Waals surface area (Å²) in [6, 6.07) is 5.41. The molecule has 1 saturated heterocycles. The number of hydrogen-bond acceptors (Lipinski definition) is 8. The Balaban J connectivity index is 1.82. The molecule has 7 nitrogen and oxygen atoms in total. The van der Waals surface area contributed by atoms with Crippen LogP contribution >= 0.6 is 11.3 Å². The second kappa shape index (κ2) is 4.99. The highest BCUT2D eigenvalue weighted by Crippen LogP contribution is 2.27. The summed E-state index contributed by atoms with van der Waals surface area (Å²) in [4.78, 5) is 27.8. The molecule has 0 bridgehead atoms. The van der Waals surface area contributed by atoms with Gasteiger partial charge in [0.1, 0.15) is 0 Å². The number of anilines is 2. The molecule has 22 heavy (non-hydrogen) atoms. The van der Waals surface area contributed by atoms with Crippen LogP contribution in [0.4, 0.5) is 10.8 Å². The number of nitrogens with two attached hydrogens (primary N) is 1. The van der Waals surface area contributed by atoms with Crippen LogP contribution in [0.15, 0.2) is 30.0 Å². The molecule has 1 aromatic carbocycles. The van der Waals surface area contributed by atoms with Crippen molar-refractivity contribution in [2.24, 2.45) is 0 Å². The molecular weight excluding hydrogens is 306 g/mol. The van der Waals surface area contributed by atoms with Crippen LogP contribution in [0, 0.1) is 0 Å². The van der Waals surface area contributed by atoms with Crippen molar-refractivity contribution in [3.8, 4) is 0 Å². The first-order valence-electron chi connectivity index (χ1n) is 6.43. The molecule has 3 N–H and O–H groups in total. The van der Waals surface area contributed by atoms with E-state index in [4.69, 9.17) is 15.2 Å². The molecular formula is C14H13N3O4S. The molecule has 1 fully saturated rings. The fourth-order valence-electron chi connectivity index (χ4n) is 1.97. The number of aromatic nitrogens is 1. The Bertz CT molecular complexity index is 788. The third-order valence-electron chi connectivity index (χ3n) is 2.90. The standard InChI is InChI=1S/C14H13N3O4S/c1-14(2)20-11(18)8(12(19)21-14)6-16-7-3-4-10-9(5-7)17-13(15)22-10/h3-6,16H,1-2H3,(H2,15,17). The van der Waals surface area contributed by atoms with Gasteiger partial charge in [-0.15, -0.1) is 0 Å². The van der Waals surface area contributed by atoms with E-state index in [2.05, 4.69) is 10.3 Å². The number of fused-ring (bicyclic) bond motifs is 1. The second-order valence-electron chi connectivity index (χ2n) is 5.12. The van der Waals surface area contributed by atoms with Gasteiger partial charge in [0, 0.05) is 25.7 Å². The van der Waals surface area contributed by atoms with Crippen molar-refractivity contribution >= 4 is 44.3 Å². The number of nitrogens with one attached hydrogen (secondary N) is 1. The quantitative estimate of drug-likeness (QED) is 0.495. The van der Waals surface area contributed by atoms with Gasteiger partial charge < -0.3 is 20.5 Å². The molecule has 0 unspecified atom stereocenters.